The summed E-state index contributed by atoms with van der Waals surface area (Å²) in [5.74, 6) is -0.281. The van der Waals surface area contributed by atoms with Gasteiger partial charge in [-0.15, -0.1) is 0 Å². The number of fused-ring (bicyclic) bond motifs is 3. The molecule has 0 saturated carbocycles. The van der Waals surface area contributed by atoms with Crippen LogP contribution in [0.25, 0.3) is 83.7 Å². The predicted octanol–water partition coefficient (Wildman–Crippen LogP) is 11.9. The van der Waals surface area contributed by atoms with Crippen LogP contribution in [0, 0.1) is 38.2 Å². The van der Waals surface area contributed by atoms with E-state index in [2.05, 4.69) is 67.6 Å². The van der Waals surface area contributed by atoms with Gasteiger partial charge in [0.1, 0.15) is 17.5 Å². The van der Waals surface area contributed by atoms with Crippen molar-refractivity contribution in [1.29, 1.82) is 0 Å². The number of hydrogen-bond donors (Lipinski definition) is 3. The van der Waals surface area contributed by atoms with Gasteiger partial charge in [0.15, 0.2) is 0 Å². The molecule has 0 bridgehead atoms. The number of halogens is 3. The summed E-state index contributed by atoms with van der Waals surface area (Å²) in [4.78, 5) is 73.7. The summed E-state index contributed by atoms with van der Waals surface area (Å²) in [5, 5.41) is 8.86. The molecule has 12 aromatic rings. The lowest BCUT2D eigenvalue weighted by Crippen LogP contribution is -2.45. The van der Waals surface area contributed by atoms with Gasteiger partial charge in [0, 0.05) is 134 Å². The molecule has 13 rings (SSSR count). The van der Waals surface area contributed by atoms with Crippen molar-refractivity contribution < 1.29 is 27.6 Å². The second-order valence-corrected chi connectivity index (χ2v) is 25.2. The number of benzene rings is 3. The first-order valence-corrected chi connectivity index (χ1v) is 33.0. The van der Waals surface area contributed by atoms with E-state index in [9.17, 15) is 27.6 Å². The molecule has 0 unspecified atom stereocenters. The molecule has 99 heavy (non-hydrogen) atoms. The normalized spacial score (nSPS) is 12.6. The Morgan fingerprint density at radius 1 is 0.434 bits per heavy atom. The second kappa shape index (κ2) is 32.1. The van der Waals surface area contributed by atoms with Crippen molar-refractivity contribution in [2.45, 2.75) is 33.6 Å². The molecule has 0 spiro atoms. The van der Waals surface area contributed by atoms with E-state index < -0.39 is 0 Å². The smallest absolute Gasteiger partial charge is 0.287 e. The van der Waals surface area contributed by atoms with E-state index in [4.69, 9.17) is 0 Å². The molecule has 9 aromatic heterocycles. The SMILES string of the molecule is Cc1cc(-c2ncccc2-c2ccc3cnc(C(=O)NCCCN(C)C)n3c2)ccc1F.Cc1cc(-c2ncccc2-c2ccc3cnc(C(=O)NCCN(C)C)n3c2)ccc1F.Cc1cc(-c2ncccc2-c2ccn3c(C(=O)NCCCN4CCN(C)CC4)ncc3c2)ccc1F. The highest BCUT2D eigenvalue weighted by Crippen LogP contribution is 2.35. The van der Waals surface area contributed by atoms with Gasteiger partial charge in [0.25, 0.3) is 17.7 Å². The van der Waals surface area contributed by atoms with Gasteiger partial charge in [-0.2, -0.15) is 0 Å². The molecule has 10 heterocycles. The number of likely N-dealkylation sites (N-methyl/N-ethyl adjacent to an activating group) is 2. The number of aryl methyl sites for hydroxylation is 3. The number of imidazole rings is 3. The number of rotatable bonds is 20. The van der Waals surface area contributed by atoms with Crippen LogP contribution < -0.4 is 16.0 Å². The fourth-order valence-electron chi connectivity index (χ4n) is 11.8. The molecule has 508 valence electrons. The molecule has 3 amide bonds. The molecule has 22 heteroatoms. The Morgan fingerprint density at radius 2 is 0.838 bits per heavy atom. The molecule has 19 nitrogen and oxygen atoms in total. The Labute approximate surface area is 574 Å². The molecular formula is C77H81F3N16O3. The van der Waals surface area contributed by atoms with Gasteiger partial charge in [0.05, 0.1) is 52.2 Å². The number of aromatic nitrogens is 9. The van der Waals surface area contributed by atoms with Crippen molar-refractivity contribution in [2.24, 2.45) is 0 Å². The third-order valence-electron chi connectivity index (χ3n) is 17.3. The molecule has 0 aliphatic carbocycles. The minimum Gasteiger partial charge on any atom is -0.349 e. The van der Waals surface area contributed by atoms with Crippen molar-refractivity contribution in [3.63, 3.8) is 0 Å². The summed E-state index contributed by atoms with van der Waals surface area (Å²) in [6.07, 6.45) is 17.7. The predicted molar refractivity (Wildman–Crippen MR) is 383 cm³/mol. The van der Waals surface area contributed by atoms with Gasteiger partial charge in [-0.1, -0.05) is 30.3 Å². The number of piperazine rings is 1. The van der Waals surface area contributed by atoms with Gasteiger partial charge >= 0.3 is 0 Å². The number of pyridine rings is 6. The van der Waals surface area contributed by atoms with Crippen molar-refractivity contribution >= 4 is 34.3 Å². The highest BCUT2D eigenvalue weighted by Gasteiger charge is 2.21. The number of carbonyl (C=O) groups is 3. The Bertz CT molecular complexity index is 4840. The van der Waals surface area contributed by atoms with Crippen LogP contribution in [0.15, 0.2) is 183 Å². The summed E-state index contributed by atoms with van der Waals surface area (Å²) in [7, 11) is 10.1. The van der Waals surface area contributed by atoms with Gasteiger partial charge in [-0.05, 0) is 201 Å². The first kappa shape index (κ1) is 69.6. The number of hydrogen-bond acceptors (Lipinski definition) is 13. The molecule has 1 aliphatic heterocycles. The maximum atomic E-state index is 13.8. The van der Waals surface area contributed by atoms with Crippen LogP contribution in [-0.4, -0.2) is 181 Å². The summed E-state index contributed by atoms with van der Waals surface area (Å²) in [6.45, 7) is 14.0. The number of nitrogens with one attached hydrogen (secondary N) is 3. The van der Waals surface area contributed by atoms with Crippen molar-refractivity contribution in [3.8, 4) is 67.2 Å². The largest absolute Gasteiger partial charge is 0.349 e. The fourth-order valence-corrected chi connectivity index (χ4v) is 11.8. The van der Waals surface area contributed by atoms with Crippen LogP contribution in [-0.2, 0) is 0 Å². The van der Waals surface area contributed by atoms with Crippen LogP contribution in [0.5, 0.6) is 0 Å². The lowest BCUT2D eigenvalue weighted by atomic mass is 9.99. The first-order chi connectivity index (χ1) is 47.9. The Morgan fingerprint density at radius 3 is 1.28 bits per heavy atom. The van der Waals surface area contributed by atoms with E-state index >= 15 is 0 Å². The maximum absolute atomic E-state index is 13.8. The van der Waals surface area contributed by atoms with Crippen molar-refractivity contribution in [3.05, 3.63) is 235 Å². The van der Waals surface area contributed by atoms with Crippen LogP contribution in [0.3, 0.4) is 0 Å². The zero-order valence-corrected chi connectivity index (χ0v) is 57.0. The quantitative estimate of drug-likeness (QED) is 0.0612. The average Bonchev–Trinajstić information content (AvgIpc) is 1.72. The zero-order valence-electron chi connectivity index (χ0n) is 57.0. The molecule has 0 atom stereocenters. The monoisotopic (exact) mass is 1330 g/mol. The van der Waals surface area contributed by atoms with Crippen LogP contribution in [0.1, 0.15) is 61.4 Å². The molecule has 1 fully saturated rings. The lowest BCUT2D eigenvalue weighted by molar-refractivity contribution is 0.0931. The molecule has 1 saturated heterocycles. The number of amides is 3. The molecule has 3 N–H and O–H groups in total. The van der Waals surface area contributed by atoms with Gasteiger partial charge < -0.3 is 35.6 Å². The first-order valence-electron chi connectivity index (χ1n) is 33.0. The fraction of sp³-hybridized carbons (Fsp3) is 0.260. The van der Waals surface area contributed by atoms with Gasteiger partial charge in [-0.25, -0.2) is 28.1 Å². The van der Waals surface area contributed by atoms with Crippen molar-refractivity contribution in [2.75, 3.05) is 101 Å². The standard InChI is InChI=1S/C28H31FN6O.C25H26FN5O.C24H24FN5O/c1-20-17-22(6-7-25(20)29)26-24(5-3-9-30-26)21-8-12-35-23(18-21)19-32-27(35)28(36)31-10-4-11-34-15-13-33(2)14-16-34;1-17-14-18(8-10-22(17)26)23-21(6-4-11-27-23)19-7-9-20-15-29-24(31(20)16-19)25(32)28-12-5-13-30(2)3;1-16-13-17(7-9-21(16)25)22-20(5-4-10-26-22)18-6-8-19-14-28-23(30(19)15-18)24(31)27-11-12-29(2)3/h3,5-9,12,17-19H,4,10-11,13-16H2,1-2H3,(H,31,36);4,6-11,14-16H,5,12-13H2,1-3H3,(H,28,32);4-10,13-15H,11-12H2,1-3H3,(H,27,31). The van der Waals surface area contributed by atoms with Gasteiger partial charge in [0.2, 0.25) is 17.5 Å². The number of nitrogens with zero attached hydrogens (tertiary/aromatic N) is 13. The Balaban J connectivity index is 0.000000151. The second-order valence-electron chi connectivity index (χ2n) is 25.2. The highest BCUT2D eigenvalue weighted by atomic mass is 19.1. The third kappa shape index (κ3) is 17.0. The van der Waals surface area contributed by atoms with E-state index in [1.165, 1.54) is 18.2 Å². The summed E-state index contributed by atoms with van der Waals surface area (Å²) in [6, 6.07) is 38.3. The summed E-state index contributed by atoms with van der Waals surface area (Å²) >= 11 is 0. The highest BCUT2D eigenvalue weighted by molar-refractivity contribution is 5.94. The maximum Gasteiger partial charge on any atom is 0.287 e. The van der Waals surface area contributed by atoms with Crippen LogP contribution >= 0.6 is 0 Å². The van der Waals surface area contributed by atoms with E-state index in [0.29, 0.717) is 53.8 Å². The van der Waals surface area contributed by atoms with Crippen molar-refractivity contribution in [1.82, 2.24) is 78.7 Å². The van der Waals surface area contributed by atoms with Crippen LogP contribution in [0.4, 0.5) is 13.2 Å². The summed E-state index contributed by atoms with van der Waals surface area (Å²) in [5.41, 5.74) is 14.4. The topological polar surface area (TPSA) is 191 Å². The minimum atomic E-state index is -0.244. The molecule has 1 aliphatic rings. The molecule has 3 aromatic carbocycles. The average molecular weight is 1340 g/mol. The lowest BCUT2D eigenvalue weighted by Gasteiger charge is -2.32. The zero-order chi connectivity index (χ0) is 69.7. The van der Waals surface area contributed by atoms with E-state index in [-0.39, 0.29) is 35.2 Å². The van der Waals surface area contributed by atoms with Crippen LogP contribution in [0.2, 0.25) is 0 Å². The van der Waals surface area contributed by atoms with Gasteiger partial charge in [-0.3, -0.25) is 42.5 Å². The Hall–Kier alpha value is -10.8. The van der Waals surface area contributed by atoms with E-state index in [1.807, 2.05) is 131 Å². The number of carbonyl (C=O) groups excluding carboxylic acids is 3. The minimum absolute atomic E-state index is 0.176. The van der Waals surface area contributed by atoms with E-state index in [0.717, 1.165) is 142 Å². The molecular weight excluding hydrogens is 1250 g/mol. The Kier molecular flexibility index (Phi) is 22.5. The molecule has 0 radical (unpaired) electrons. The van der Waals surface area contributed by atoms with E-state index in [1.54, 1.807) is 101 Å². The summed E-state index contributed by atoms with van der Waals surface area (Å²) < 4.78 is 46.7. The third-order valence-corrected chi connectivity index (χ3v) is 17.3.